The van der Waals surface area contributed by atoms with E-state index in [4.69, 9.17) is 0 Å². The van der Waals surface area contributed by atoms with Gasteiger partial charge in [0.25, 0.3) is 0 Å². The SMILES string of the molecule is CNC(CN1C(=O)CC(C)CC1=O)c1ccc(C)cc1C. The molecule has 21 heavy (non-hydrogen) atoms. The molecular formula is C17H24N2O2. The molecule has 0 aromatic heterocycles. The van der Waals surface area contributed by atoms with Gasteiger partial charge >= 0.3 is 0 Å². The summed E-state index contributed by atoms with van der Waals surface area (Å²) in [6.07, 6.45) is 0.935. The number of likely N-dealkylation sites (N-methyl/N-ethyl adjacent to an activating group) is 1. The van der Waals surface area contributed by atoms with Gasteiger partial charge in [0.1, 0.15) is 0 Å². The van der Waals surface area contributed by atoms with Crippen LogP contribution in [0.3, 0.4) is 0 Å². The van der Waals surface area contributed by atoms with Gasteiger partial charge in [0.15, 0.2) is 0 Å². The molecule has 1 saturated heterocycles. The first-order chi connectivity index (χ1) is 9.92. The topological polar surface area (TPSA) is 49.4 Å². The normalized spacial score (nSPS) is 18.2. The van der Waals surface area contributed by atoms with Crippen molar-refractivity contribution in [1.82, 2.24) is 10.2 Å². The molecule has 4 heteroatoms. The zero-order chi connectivity index (χ0) is 15.6. The Bertz CT molecular complexity index is 536. The molecule has 1 N–H and O–H groups in total. The van der Waals surface area contributed by atoms with Crippen molar-refractivity contribution in [3.63, 3.8) is 0 Å². The van der Waals surface area contributed by atoms with E-state index in [1.165, 1.54) is 16.0 Å². The monoisotopic (exact) mass is 288 g/mol. The molecule has 0 bridgehead atoms. The molecule has 114 valence electrons. The second-order valence-electron chi connectivity index (χ2n) is 6.11. The Morgan fingerprint density at radius 3 is 2.38 bits per heavy atom. The zero-order valence-electron chi connectivity index (χ0n) is 13.3. The van der Waals surface area contributed by atoms with Gasteiger partial charge in [0, 0.05) is 19.4 Å². The summed E-state index contributed by atoms with van der Waals surface area (Å²) >= 11 is 0. The molecule has 1 heterocycles. The molecule has 4 nitrogen and oxygen atoms in total. The number of amides is 2. The average Bonchev–Trinajstić information content (AvgIpc) is 2.39. The Hall–Kier alpha value is -1.68. The number of imide groups is 1. The van der Waals surface area contributed by atoms with Gasteiger partial charge in [0.05, 0.1) is 6.04 Å². The third-order valence-corrected chi connectivity index (χ3v) is 4.16. The highest BCUT2D eigenvalue weighted by Crippen LogP contribution is 2.24. The second-order valence-corrected chi connectivity index (χ2v) is 6.11. The molecule has 0 saturated carbocycles. The summed E-state index contributed by atoms with van der Waals surface area (Å²) < 4.78 is 0. The third-order valence-electron chi connectivity index (χ3n) is 4.16. The van der Waals surface area contributed by atoms with Crippen molar-refractivity contribution in [1.29, 1.82) is 0 Å². The third kappa shape index (κ3) is 3.50. The lowest BCUT2D eigenvalue weighted by atomic mass is 9.95. The van der Waals surface area contributed by atoms with Crippen molar-refractivity contribution in [2.24, 2.45) is 5.92 Å². The van der Waals surface area contributed by atoms with Crippen LogP contribution in [0.2, 0.25) is 0 Å². The largest absolute Gasteiger partial charge is 0.312 e. The van der Waals surface area contributed by atoms with Crippen LogP contribution >= 0.6 is 0 Å². The minimum atomic E-state index is -0.0521. The van der Waals surface area contributed by atoms with Gasteiger partial charge in [-0.1, -0.05) is 30.7 Å². The number of rotatable bonds is 4. The zero-order valence-corrected chi connectivity index (χ0v) is 13.3. The predicted octanol–water partition coefficient (Wildman–Crippen LogP) is 2.35. The standard InChI is InChI=1S/C17H24N2O2/c1-11-5-6-14(13(3)7-11)15(18-4)10-19-16(20)8-12(2)9-17(19)21/h5-7,12,15,18H,8-10H2,1-4H3. The second kappa shape index (κ2) is 6.39. The number of carbonyl (C=O) groups is 2. The number of hydrogen-bond donors (Lipinski definition) is 1. The molecule has 1 fully saturated rings. The summed E-state index contributed by atoms with van der Waals surface area (Å²) in [5, 5.41) is 3.23. The van der Waals surface area contributed by atoms with E-state index < -0.39 is 0 Å². The lowest BCUT2D eigenvalue weighted by molar-refractivity contribution is -0.150. The van der Waals surface area contributed by atoms with Crippen molar-refractivity contribution in [3.8, 4) is 0 Å². The lowest BCUT2D eigenvalue weighted by Gasteiger charge is -2.32. The van der Waals surface area contributed by atoms with E-state index in [1.807, 2.05) is 14.0 Å². The van der Waals surface area contributed by atoms with E-state index in [2.05, 4.69) is 37.4 Å². The number of benzene rings is 1. The van der Waals surface area contributed by atoms with Gasteiger partial charge in [-0.3, -0.25) is 14.5 Å². The summed E-state index contributed by atoms with van der Waals surface area (Å²) in [6.45, 7) is 6.48. The van der Waals surface area contributed by atoms with Crippen LogP contribution in [0.25, 0.3) is 0 Å². The van der Waals surface area contributed by atoms with Crippen molar-refractivity contribution in [2.45, 2.75) is 39.7 Å². The highest BCUT2D eigenvalue weighted by Gasteiger charge is 2.32. The number of likely N-dealkylation sites (tertiary alicyclic amines) is 1. The predicted molar refractivity (Wildman–Crippen MR) is 82.8 cm³/mol. The number of aryl methyl sites for hydroxylation is 2. The van der Waals surface area contributed by atoms with Crippen molar-refractivity contribution < 1.29 is 9.59 Å². The maximum atomic E-state index is 12.1. The lowest BCUT2D eigenvalue weighted by Crippen LogP contribution is -2.46. The van der Waals surface area contributed by atoms with Crippen LogP contribution in [-0.2, 0) is 9.59 Å². The Kier molecular flexibility index (Phi) is 4.78. The van der Waals surface area contributed by atoms with Crippen molar-refractivity contribution in [3.05, 3.63) is 34.9 Å². The van der Waals surface area contributed by atoms with Crippen LogP contribution in [0.5, 0.6) is 0 Å². The number of carbonyl (C=O) groups excluding carboxylic acids is 2. The highest BCUT2D eigenvalue weighted by atomic mass is 16.2. The van der Waals surface area contributed by atoms with Crippen LogP contribution in [0.1, 0.15) is 42.5 Å². The fraction of sp³-hybridized carbons (Fsp3) is 0.529. The molecule has 2 amide bonds. The fourth-order valence-corrected chi connectivity index (χ4v) is 2.98. The van der Waals surface area contributed by atoms with Crippen molar-refractivity contribution in [2.75, 3.05) is 13.6 Å². The smallest absolute Gasteiger partial charge is 0.229 e. The number of nitrogens with one attached hydrogen (secondary N) is 1. The fourth-order valence-electron chi connectivity index (χ4n) is 2.98. The Balaban J connectivity index is 2.19. The van der Waals surface area contributed by atoms with Gasteiger partial charge in [0.2, 0.25) is 11.8 Å². The molecule has 1 unspecified atom stereocenters. The molecule has 0 spiro atoms. The minimum Gasteiger partial charge on any atom is -0.312 e. The van der Waals surface area contributed by atoms with Crippen molar-refractivity contribution >= 4 is 11.8 Å². The maximum Gasteiger partial charge on any atom is 0.229 e. The van der Waals surface area contributed by atoms with E-state index >= 15 is 0 Å². The Labute approximate surface area is 126 Å². The summed E-state index contributed by atoms with van der Waals surface area (Å²) in [7, 11) is 1.87. The first-order valence-electron chi connectivity index (χ1n) is 7.50. The van der Waals surface area contributed by atoms with Crippen LogP contribution in [-0.4, -0.2) is 30.3 Å². The molecule has 1 aromatic rings. The number of piperidine rings is 1. The summed E-state index contributed by atoms with van der Waals surface area (Å²) in [5.74, 6) is 0.0583. The Morgan fingerprint density at radius 2 is 1.86 bits per heavy atom. The van der Waals surface area contributed by atoms with Gasteiger partial charge in [-0.05, 0) is 37.9 Å². The number of hydrogen-bond acceptors (Lipinski definition) is 3. The molecule has 1 aliphatic rings. The molecule has 1 aliphatic heterocycles. The molecule has 0 aliphatic carbocycles. The first-order valence-corrected chi connectivity index (χ1v) is 7.50. The van der Waals surface area contributed by atoms with Crippen LogP contribution in [0.4, 0.5) is 0 Å². The highest BCUT2D eigenvalue weighted by molar-refractivity contribution is 5.97. The van der Waals surface area contributed by atoms with Crippen LogP contribution in [0, 0.1) is 19.8 Å². The molecule has 1 atom stereocenters. The van der Waals surface area contributed by atoms with Gasteiger partial charge in [-0.15, -0.1) is 0 Å². The van der Waals surface area contributed by atoms with E-state index in [9.17, 15) is 9.59 Å². The van der Waals surface area contributed by atoms with E-state index in [0.717, 1.165) is 5.56 Å². The minimum absolute atomic E-state index is 0.0214. The summed E-state index contributed by atoms with van der Waals surface area (Å²) in [6, 6.07) is 6.25. The molecule has 0 radical (unpaired) electrons. The maximum absolute atomic E-state index is 12.1. The van der Waals surface area contributed by atoms with Gasteiger partial charge < -0.3 is 5.32 Å². The summed E-state index contributed by atoms with van der Waals surface area (Å²) in [5.41, 5.74) is 3.53. The van der Waals surface area contributed by atoms with Gasteiger partial charge in [-0.2, -0.15) is 0 Å². The summed E-state index contributed by atoms with van der Waals surface area (Å²) in [4.78, 5) is 25.6. The van der Waals surface area contributed by atoms with E-state index in [0.29, 0.717) is 19.4 Å². The first kappa shape index (κ1) is 15.7. The molecule has 1 aromatic carbocycles. The number of nitrogens with zero attached hydrogens (tertiary/aromatic N) is 1. The quantitative estimate of drug-likeness (QED) is 0.865. The van der Waals surface area contributed by atoms with Crippen LogP contribution in [0.15, 0.2) is 18.2 Å². The molecular weight excluding hydrogens is 264 g/mol. The van der Waals surface area contributed by atoms with E-state index in [-0.39, 0.29) is 23.8 Å². The van der Waals surface area contributed by atoms with Crippen LogP contribution < -0.4 is 5.32 Å². The Morgan fingerprint density at radius 1 is 1.24 bits per heavy atom. The molecule has 2 rings (SSSR count). The van der Waals surface area contributed by atoms with Gasteiger partial charge in [-0.25, -0.2) is 0 Å². The average molecular weight is 288 g/mol. The van der Waals surface area contributed by atoms with E-state index in [1.54, 1.807) is 0 Å².